The van der Waals surface area contributed by atoms with Gasteiger partial charge in [-0.1, -0.05) is 19.1 Å². The van der Waals surface area contributed by atoms with Crippen LogP contribution in [0.5, 0.6) is 0 Å². The summed E-state index contributed by atoms with van der Waals surface area (Å²) in [7, 11) is 0. The number of para-hydroxylation sites is 1. The molecule has 3 rings (SSSR count). The number of hydrogen-bond donors (Lipinski definition) is 1. The molecule has 0 spiro atoms. The number of nitrogens with zero attached hydrogens (tertiary/aromatic N) is 2. The summed E-state index contributed by atoms with van der Waals surface area (Å²) in [6.45, 7) is 4.99. The standard InChI is InChI=1S/C14H19N3/c1-9-4-3-5-12-13(9)17(11-6-7-11)14(16-12)10(2)8-15/h3-5,10-11H,6-8,15H2,1-2H3. The van der Waals surface area contributed by atoms with Gasteiger partial charge >= 0.3 is 0 Å². The number of benzene rings is 1. The largest absolute Gasteiger partial charge is 0.330 e. The van der Waals surface area contributed by atoms with Gasteiger partial charge in [0, 0.05) is 18.5 Å². The van der Waals surface area contributed by atoms with Gasteiger partial charge < -0.3 is 10.3 Å². The van der Waals surface area contributed by atoms with Crippen molar-refractivity contribution >= 4 is 11.0 Å². The van der Waals surface area contributed by atoms with Gasteiger partial charge in [-0.05, 0) is 31.4 Å². The van der Waals surface area contributed by atoms with Crippen LogP contribution in [0.1, 0.15) is 43.1 Å². The maximum absolute atomic E-state index is 5.80. The normalized spacial score (nSPS) is 17.6. The highest BCUT2D eigenvalue weighted by atomic mass is 15.1. The molecule has 1 atom stereocenters. The minimum Gasteiger partial charge on any atom is -0.330 e. The summed E-state index contributed by atoms with van der Waals surface area (Å²) in [5.74, 6) is 1.50. The monoisotopic (exact) mass is 229 g/mol. The molecule has 1 aromatic heterocycles. The predicted molar refractivity (Wildman–Crippen MR) is 70.2 cm³/mol. The second kappa shape index (κ2) is 3.84. The van der Waals surface area contributed by atoms with E-state index in [-0.39, 0.29) is 0 Å². The summed E-state index contributed by atoms with van der Waals surface area (Å²) in [4.78, 5) is 4.79. The van der Waals surface area contributed by atoms with Gasteiger partial charge in [0.1, 0.15) is 5.82 Å². The molecule has 1 heterocycles. The Labute approximate surface area is 102 Å². The SMILES string of the molecule is Cc1cccc2nc(C(C)CN)n(C3CC3)c12. The lowest BCUT2D eigenvalue weighted by molar-refractivity contribution is 0.628. The van der Waals surface area contributed by atoms with E-state index >= 15 is 0 Å². The number of fused-ring (bicyclic) bond motifs is 1. The van der Waals surface area contributed by atoms with Gasteiger partial charge in [0.15, 0.2) is 0 Å². The smallest absolute Gasteiger partial charge is 0.114 e. The van der Waals surface area contributed by atoms with Gasteiger partial charge in [-0.2, -0.15) is 0 Å². The molecule has 17 heavy (non-hydrogen) atoms. The summed E-state index contributed by atoms with van der Waals surface area (Å²) in [6.07, 6.45) is 2.56. The van der Waals surface area contributed by atoms with E-state index in [9.17, 15) is 0 Å². The molecule has 3 heteroatoms. The number of hydrogen-bond acceptors (Lipinski definition) is 2. The maximum atomic E-state index is 5.80. The van der Waals surface area contributed by atoms with Crippen LogP contribution in [0.15, 0.2) is 18.2 Å². The van der Waals surface area contributed by atoms with E-state index in [1.807, 2.05) is 0 Å². The van der Waals surface area contributed by atoms with E-state index in [4.69, 9.17) is 10.7 Å². The van der Waals surface area contributed by atoms with E-state index in [0.29, 0.717) is 18.5 Å². The van der Waals surface area contributed by atoms with Crippen molar-refractivity contribution in [2.45, 2.75) is 38.6 Å². The summed E-state index contributed by atoms with van der Waals surface area (Å²) in [5.41, 5.74) is 9.55. The van der Waals surface area contributed by atoms with Crippen molar-refractivity contribution in [2.24, 2.45) is 5.73 Å². The van der Waals surface area contributed by atoms with Crippen LogP contribution in [0.3, 0.4) is 0 Å². The number of nitrogens with two attached hydrogens (primary N) is 1. The van der Waals surface area contributed by atoms with E-state index in [0.717, 1.165) is 5.52 Å². The van der Waals surface area contributed by atoms with Crippen LogP contribution in [0.25, 0.3) is 11.0 Å². The molecule has 0 radical (unpaired) electrons. The Morgan fingerprint density at radius 3 is 2.88 bits per heavy atom. The molecule has 0 saturated heterocycles. The fourth-order valence-corrected chi connectivity index (χ4v) is 2.49. The molecule has 0 aliphatic heterocycles. The van der Waals surface area contributed by atoms with Crippen LogP contribution in [0, 0.1) is 6.92 Å². The molecule has 1 unspecified atom stereocenters. The van der Waals surface area contributed by atoms with E-state index in [1.165, 1.54) is 29.7 Å². The van der Waals surface area contributed by atoms with Crippen molar-refractivity contribution in [1.29, 1.82) is 0 Å². The Morgan fingerprint density at radius 2 is 2.24 bits per heavy atom. The molecule has 2 aromatic rings. The van der Waals surface area contributed by atoms with Gasteiger partial charge in [-0.25, -0.2) is 4.98 Å². The Morgan fingerprint density at radius 1 is 1.47 bits per heavy atom. The fraction of sp³-hybridized carbons (Fsp3) is 0.500. The second-order valence-corrected chi connectivity index (χ2v) is 5.15. The Balaban J connectivity index is 2.28. The lowest BCUT2D eigenvalue weighted by Gasteiger charge is -2.12. The van der Waals surface area contributed by atoms with Crippen LogP contribution in [-0.2, 0) is 0 Å². The van der Waals surface area contributed by atoms with Gasteiger partial charge in [0.2, 0.25) is 0 Å². The van der Waals surface area contributed by atoms with Crippen molar-refractivity contribution in [2.75, 3.05) is 6.54 Å². The van der Waals surface area contributed by atoms with Crippen LogP contribution >= 0.6 is 0 Å². The third-order valence-electron chi connectivity index (χ3n) is 3.65. The summed E-state index contributed by atoms with van der Waals surface area (Å²) < 4.78 is 2.43. The summed E-state index contributed by atoms with van der Waals surface area (Å²) in [5, 5.41) is 0. The van der Waals surface area contributed by atoms with Crippen molar-refractivity contribution in [3.05, 3.63) is 29.6 Å². The highest BCUT2D eigenvalue weighted by Crippen LogP contribution is 2.40. The van der Waals surface area contributed by atoms with Gasteiger partial charge in [-0.15, -0.1) is 0 Å². The third-order valence-corrected chi connectivity index (χ3v) is 3.65. The number of rotatable bonds is 3. The molecule has 0 amide bonds. The summed E-state index contributed by atoms with van der Waals surface area (Å²) in [6, 6.07) is 7.01. The van der Waals surface area contributed by atoms with E-state index in [2.05, 4.69) is 36.6 Å². The van der Waals surface area contributed by atoms with Crippen molar-refractivity contribution in [3.63, 3.8) is 0 Å². The first-order valence-corrected chi connectivity index (χ1v) is 6.40. The molecule has 1 aliphatic rings. The fourth-order valence-electron chi connectivity index (χ4n) is 2.49. The van der Waals surface area contributed by atoms with Crippen molar-refractivity contribution in [1.82, 2.24) is 9.55 Å². The van der Waals surface area contributed by atoms with Crippen LogP contribution < -0.4 is 5.73 Å². The van der Waals surface area contributed by atoms with Crippen LogP contribution in [0.4, 0.5) is 0 Å². The lowest BCUT2D eigenvalue weighted by atomic mass is 10.1. The van der Waals surface area contributed by atoms with E-state index < -0.39 is 0 Å². The molecular formula is C14H19N3. The Bertz CT molecular complexity index is 552. The predicted octanol–water partition coefficient (Wildman–Crippen LogP) is 2.74. The zero-order valence-corrected chi connectivity index (χ0v) is 10.5. The number of aromatic nitrogens is 2. The molecule has 1 aromatic carbocycles. The molecule has 1 aliphatic carbocycles. The molecule has 0 bridgehead atoms. The molecule has 90 valence electrons. The lowest BCUT2D eigenvalue weighted by Crippen LogP contribution is -2.14. The van der Waals surface area contributed by atoms with Crippen molar-refractivity contribution in [3.8, 4) is 0 Å². The quantitative estimate of drug-likeness (QED) is 0.879. The maximum Gasteiger partial charge on any atom is 0.114 e. The van der Waals surface area contributed by atoms with Crippen LogP contribution in [-0.4, -0.2) is 16.1 Å². The van der Waals surface area contributed by atoms with Gasteiger partial charge in [0.25, 0.3) is 0 Å². The highest BCUT2D eigenvalue weighted by molar-refractivity contribution is 5.80. The topological polar surface area (TPSA) is 43.8 Å². The second-order valence-electron chi connectivity index (χ2n) is 5.15. The molecule has 2 N–H and O–H groups in total. The average molecular weight is 229 g/mol. The minimum absolute atomic E-state index is 0.336. The van der Waals surface area contributed by atoms with Crippen molar-refractivity contribution < 1.29 is 0 Å². The Hall–Kier alpha value is -1.35. The molecule has 1 saturated carbocycles. The Kier molecular flexibility index (Phi) is 2.44. The van der Waals surface area contributed by atoms with Gasteiger partial charge in [-0.3, -0.25) is 0 Å². The molecule has 3 nitrogen and oxygen atoms in total. The third kappa shape index (κ3) is 1.65. The first-order chi connectivity index (χ1) is 8.22. The zero-order chi connectivity index (χ0) is 12.0. The highest BCUT2D eigenvalue weighted by Gasteiger charge is 2.29. The number of imidazole rings is 1. The molecular weight excluding hydrogens is 210 g/mol. The van der Waals surface area contributed by atoms with Gasteiger partial charge in [0.05, 0.1) is 11.0 Å². The first-order valence-electron chi connectivity index (χ1n) is 6.40. The minimum atomic E-state index is 0.336. The zero-order valence-electron chi connectivity index (χ0n) is 10.5. The van der Waals surface area contributed by atoms with E-state index in [1.54, 1.807) is 0 Å². The summed E-state index contributed by atoms with van der Waals surface area (Å²) >= 11 is 0. The number of aryl methyl sites for hydroxylation is 1. The first kappa shape index (κ1) is 10.8. The average Bonchev–Trinajstić information content (AvgIpc) is 3.09. The molecule has 1 fully saturated rings. The van der Waals surface area contributed by atoms with Crippen LogP contribution in [0.2, 0.25) is 0 Å².